The number of rotatable bonds is 3. The van der Waals surface area contributed by atoms with Gasteiger partial charge in [-0.3, -0.25) is 0 Å². The largest absolute Gasteiger partial charge is 0.497 e. The van der Waals surface area contributed by atoms with Crippen molar-refractivity contribution in [3.63, 3.8) is 0 Å². The van der Waals surface area contributed by atoms with Crippen molar-refractivity contribution in [2.45, 2.75) is 0 Å². The summed E-state index contributed by atoms with van der Waals surface area (Å²) in [5.74, 6) is -0.553. The van der Waals surface area contributed by atoms with Crippen molar-refractivity contribution in [2.24, 2.45) is 0 Å². The fourth-order valence-corrected chi connectivity index (χ4v) is 1.63. The molecule has 2 aromatic rings. The van der Waals surface area contributed by atoms with Crippen LogP contribution in [0.15, 0.2) is 36.4 Å². The molecule has 1 N–H and O–H groups in total. The van der Waals surface area contributed by atoms with E-state index in [9.17, 15) is 8.78 Å². The maximum atomic E-state index is 13.7. The van der Waals surface area contributed by atoms with Crippen LogP contribution in [0.2, 0.25) is 5.02 Å². The van der Waals surface area contributed by atoms with Crippen molar-refractivity contribution in [1.29, 1.82) is 0 Å². The van der Waals surface area contributed by atoms with Crippen LogP contribution in [0.5, 0.6) is 5.75 Å². The SMILES string of the molecule is COc1ccc(Nc2ccc(F)c(Cl)c2)c(F)c1. The van der Waals surface area contributed by atoms with Crippen LogP contribution in [0.3, 0.4) is 0 Å². The molecule has 0 fully saturated rings. The standard InChI is InChI=1S/C13H10ClF2NO/c1-18-9-3-5-13(12(16)7-9)17-8-2-4-11(15)10(14)6-8/h2-7,17H,1H3. The van der Waals surface area contributed by atoms with E-state index in [0.29, 0.717) is 11.4 Å². The minimum atomic E-state index is -0.516. The summed E-state index contributed by atoms with van der Waals surface area (Å²) in [6, 6.07) is 8.49. The van der Waals surface area contributed by atoms with Gasteiger partial charge in [-0.05, 0) is 30.3 Å². The van der Waals surface area contributed by atoms with Gasteiger partial charge in [0.05, 0.1) is 17.8 Å². The molecule has 0 aliphatic heterocycles. The molecule has 18 heavy (non-hydrogen) atoms. The molecule has 0 radical (unpaired) electrons. The minimum absolute atomic E-state index is 0.0195. The second-order valence-corrected chi connectivity index (χ2v) is 4.01. The van der Waals surface area contributed by atoms with Crippen molar-refractivity contribution < 1.29 is 13.5 Å². The van der Waals surface area contributed by atoms with E-state index < -0.39 is 11.6 Å². The van der Waals surface area contributed by atoms with E-state index in [2.05, 4.69) is 5.32 Å². The van der Waals surface area contributed by atoms with Crippen LogP contribution >= 0.6 is 11.6 Å². The summed E-state index contributed by atoms with van der Waals surface area (Å²) < 4.78 is 31.5. The number of benzene rings is 2. The minimum Gasteiger partial charge on any atom is -0.497 e. The Kier molecular flexibility index (Phi) is 3.67. The lowest BCUT2D eigenvalue weighted by molar-refractivity contribution is 0.411. The highest BCUT2D eigenvalue weighted by atomic mass is 35.5. The normalized spacial score (nSPS) is 10.2. The zero-order chi connectivity index (χ0) is 13.1. The number of methoxy groups -OCH3 is 1. The van der Waals surface area contributed by atoms with Crippen LogP contribution in [0.25, 0.3) is 0 Å². The van der Waals surface area contributed by atoms with Crippen molar-refractivity contribution in [1.82, 2.24) is 0 Å². The van der Waals surface area contributed by atoms with Gasteiger partial charge in [0.1, 0.15) is 17.4 Å². The van der Waals surface area contributed by atoms with Gasteiger partial charge in [-0.25, -0.2) is 8.78 Å². The smallest absolute Gasteiger partial charge is 0.150 e. The zero-order valence-electron chi connectivity index (χ0n) is 9.51. The molecule has 0 saturated carbocycles. The van der Waals surface area contributed by atoms with Crippen LogP contribution in [0.4, 0.5) is 20.2 Å². The average Bonchev–Trinajstić information content (AvgIpc) is 2.36. The average molecular weight is 270 g/mol. The summed E-state index contributed by atoms with van der Waals surface area (Å²) in [6.45, 7) is 0. The topological polar surface area (TPSA) is 21.3 Å². The lowest BCUT2D eigenvalue weighted by atomic mass is 10.2. The molecule has 0 bridgehead atoms. The quantitative estimate of drug-likeness (QED) is 0.893. The van der Waals surface area contributed by atoms with Crippen molar-refractivity contribution in [3.8, 4) is 5.75 Å². The second kappa shape index (κ2) is 5.23. The van der Waals surface area contributed by atoms with Crippen molar-refractivity contribution in [3.05, 3.63) is 53.1 Å². The van der Waals surface area contributed by atoms with E-state index >= 15 is 0 Å². The predicted molar refractivity (Wildman–Crippen MR) is 67.6 cm³/mol. The lowest BCUT2D eigenvalue weighted by Gasteiger charge is -2.09. The van der Waals surface area contributed by atoms with E-state index in [1.54, 1.807) is 6.07 Å². The molecule has 0 spiro atoms. The monoisotopic (exact) mass is 269 g/mol. The lowest BCUT2D eigenvalue weighted by Crippen LogP contribution is -1.95. The second-order valence-electron chi connectivity index (χ2n) is 3.60. The third-order valence-electron chi connectivity index (χ3n) is 2.37. The highest BCUT2D eigenvalue weighted by Gasteiger charge is 2.06. The van der Waals surface area contributed by atoms with Gasteiger partial charge in [-0.15, -0.1) is 0 Å². The number of hydrogen-bond acceptors (Lipinski definition) is 2. The van der Waals surface area contributed by atoms with Crippen LogP contribution < -0.4 is 10.1 Å². The van der Waals surface area contributed by atoms with Gasteiger partial charge in [-0.2, -0.15) is 0 Å². The summed E-state index contributed by atoms with van der Waals surface area (Å²) in [5.41, 5.74) is 0.768. The van der Waals surface area contributed by atoms with Crippen molar-refractivity contribution in [2.75, 3.05) is 12.4 Å². The summed E-state index contributed by atoms with van der Waals surface area (Å²) in [5, 5.41) is 2.79. The Labute approximate surface area is 108 Å². The molecule has 0 unspecified atom stereocenters. The number of ether oxygens (including phenoxy) is 1. The third kappa shape index (κ3) is 2.71. The number of anilines is 2. The summed E-state index contributed by atoms with van der Waals surface area (Å²) in [7, 11) is 1.46. The van der Waals surface area contributed by atoms with Crippen LogP contribution in [0.1, 0.15) is 0 Å². The maximum Gasteiger partial charge on any atom is 0.150 e. The Hall–Kier alpha value is -1.81. The molecule has 2 nitrogen and oxygen atoms in total. The van der Waals surface area contributed by atoms with E-state index in [0.717, 1.165) is 0 Å². The number of halogens is 3. The van der Waals surface area contributed by atoms with Crippen LogP contribution in [-0.4, -0.2) is 7.11 Å². The predicted octanol–water partition coefficient (Wildman–Crippen LogP) is 4.37. The highest BCUT2D eigenvalue weighted by molar-refractivity contribution is 6.31. The molecule has 0 amide bonds. The Balaban J connectivity index is 2.25. The highest BCUT2D eigenvalue weighted by Crippen LogP contribution is 2.26. The van der Waals surface area contributed by atoms with Crippen molar-refractivity contribution >= 4 is 23.0 Å². The van der Waals surface area contributed by atoms with E-state index in [-0.39, 0.29) is 10.7 Å². The molecule has 5 heteroatoms. The van der Waals surface area contributed by atoms with E-state index in [4.69, 9.17) is 16.3 Å². The van der Waals surface area contributed by atoms with E-state index in [1.807, 2.05) is 0 Å². The molecule has 0 aromatic heterocycles. The van der Waals surface area contributed by atoms with Gasteiger partial charge >= 0.3 is 0 Å². The fraction of sp³-hybridized carbons (Fsp3) is 0.0769. The summed E-state index contributed by atoms with van der Waals surface area (Å²) in [6.07, 6.45) is 0. The molecular formula is C13H10ClF2NO. The first-order valence-corrected chi connectivity index (χ1v) is 5.53. The van der Waals surface area contributed by atoms with Crippen LogP contribution in [-0.2, 0) is 0 Å². The van der Waals surface area contributed by atoms with Gasteiger partial charge in [0.25, 0.3) is 0 Å². The molecule has 0 saturated heterocycles. The Morgan fingerprint density at radius 3 is 2.44 bits per heavy atom. The first-order valence-electron chi connectivity index (χ1n) is 5.16. The number of hydrogen-bond donors (Lipinski definition) is 1. The maximum absolute atomic E-state index is 13.7. The third-order valence-corrected chi connectivity index (χ3v) is 2.66. The van der Waals surface area contributed by atoms with Gasteiger partial charge in [-0.1, -0.05) is 11.6 Å². The summed E-state index contributed by atoms with van der Waals surface area (Å²) >= 11 is 5.64. The summed E-state index contributed by atoms with van der Waals surface area (Å²) in [4.78, 5) is 0. The molecule has 2 rings (SSSR count). The Morgan fingerprint density at radius 1 is 1.06 bits per heavy atom. The molecular weight excluding hydrogens is 260 g/mol. The van der Waals surface area contributed by atoms with Gasteiger partial charge in [0.2, 0.25) is 0 Å². The first-order chi connectivity index (χ1) is 8.60. The Bertz CT molecular complexity index is 575. The number of nitrogens with one attached hydrogen (secondary N) is 1. The molecule has 0 atom stereocenters. The molecule has 0 heterocycles. The first kappa shape index (κ1) is 12.6. The van der Waals surface area contributed by atoms with Gasteiger partial charge in [0.15, 0.2) is 0 Å². The molecule has 94 valence electrons. The molecule has 2 aromatic carbocycles. The molecule has 0 aliphatic rings. The Morgan fingerprint density at radius 2 is 1.83 bits per heavy atom. The zero-order valence-corrected chi connectivity index (χ0v) is 10.3. The van der Waals surface area contributed by atoms with Gasteiger partial charge < -0.3 is 10.1 Å². The fourth-order valence-electron chi connectivity index (χ4n) is 1.45. The van der Waals surface area contributed by atoms with Gasteiger partial charge in [0, 0.05) is 11.8 Å². The van der Waals surface area contributed by atoms with E-state index in [1.165, 1.54) is 37.4 Å². The van der Waals surface area contributed by atoms with Crippen LogP contribution in [0, 0.1) is 11.6 Å². The molecule has 0 aliphatic carbocycles.